The summed E-state index contributed by atoms with van der Waals surface area (Å²) in [5.74, 6) is 0. The van der Waals surface area contributed by atoms with Gasteiger partial charge in [-0.05, 0) is 17.9 Å². The third-order valence-corrected chi connectivity index (χ3v) is 11.4. The van der Waals surface area contributed by atoms with Crippen LogP contribution in [-0.4, -0.2) is 71.7 Å². The number of halogens is 2. The predicted octanol–water partition coefficient (Wildman–Crippen LogP) is 2.23. The Bertz CT molecular complexity index is 777. The van der Waals surface area contributed by atoms with Crippen LogP contribution in [-0.2, 0) is 19.3 Å². The van der Waals surface area contributed by atoms with Gasteiger partial charge in [0, 0.05) is 25.6 Å². The lowest BCUT2D eigenvalue weighted by Crippen LogP contribution is -2.66. The van der Waals surface area contributed by atoms with Crippen LogP contribution in [0.5, 0.6) is 0 Å². The van der Waals surface area contributed by atoms with Crippen molar-refractivity contribution in [3.8, 4) is 0 Å². The Balaban J connectivity index is 2.90. The fourth-order valence-electron chi connectivity index (χ4n) is 4.27. The van der Waals surface area contributed by atoms with E-state index in [0.717, 1.165) is 4.47 Å². The van der Waals surface area contributed by atoms with Gasteiger partial charge in [0.25, 0.3) is 0 Å². The number of ether oxygens (including phenoxy) is 1. The first-order valence-corrected chi connectivity index (χ1v) is 12.4. The van der Waals surface area contributed by atoms with E-state index >= 15 is 0 Å². The summed E-state index contributed by atoms with van der Waals surface area (Å²) >= 11 is 14.0. The molecule has 0 aromatic heterocycles. The maximum absolute atomic E-state index is 13.8. The highest BCUT2D eigenvalue weighted by Crippen LogP contribution is 2.63. The van der Waals surface area contributed by atoms with Crippen LogP contribution < -0.4 is 0 Å². The van der Waals surface area contributed by atoms with E-state index < -0.39 is 31.0 Å². The van der Waals surface area contributed by atoms with Gasteiger partial charge in [-0.25, -0.2) is 8.42 Å². The third-order valence-electron chi connectivity index (χ3n) is 6.73. The van der Waals surface area contributed by atoms with E-state index in [1.54, 1.807) is 6.92 Å². The van der Waals surface area contributed by atoms with Crippen LogP contribution in [0.2, 0.25) is 0 Å². The smallest absolute Gasteiger partial charge is 0.246 e. The Morgan fingerprint density at radius 2 is 1.82 bits per heavy atom. The molecule has 0 bridgehead atoms. The molecule has 0 N–H and O–H groups in total. The molecular weight excluding hydrogens is 439 g/mol. The molecule has 3 atom stereocenters. The van der Waals surface area contributed by atoms with Crippen molar-refractivity contribution in [1.82, 2.24) is 9.37 Å². The fraction of sp³-hybridized carbons (Fsp3) is 0.778. The molecule has 0 radical (unpaired) electrons. The molecule has 1 aliphatic heterocycles. The topological polar surface area (TPSA) is 59.1 Å². The molecule has 1 heterocycles. The lowest BCUT2D eigenvalue weighted by atomic mass is 9.55. The zero-order chi connectivity index (χ0) is 21.7. The number of rotatable bonds is 4. The minimum Gasteiger partial charge on any atom is -0.378 e. The number of nitrogens with zero attached hydrogens (tertiary/aromatic N) is 2. The molecule has 0 spiro atoms. The Morgan fingerprint density at radius 3 is 2.25 bits per heavy atom. The molecule has 0 saturated carbocycles. The lowest BCUT2D eigenvalue weighted by Gasteiger charge is -2.59. The summed E-state index contributed by atoms with van der Waals surface area (Å²) in [5.41, 5.74) is -0.210. The first-order chi connectivity index (χ1) is 12.7. The summed E-state index contributed by atoms with van der Waals surface area (Å²) in [6, 6.07) is 0. The third kappa shape index (κ3) is 3.20. The quantitative estimate of drug-likeness (QED) is 0.358. The minimum absolute atomic E-state index is 0.232. The Kier molecular flexibility index (Phi) is 6.79. The molecule has 2 rings (SSSR count). The zero-order valence-corrected chi connectivity index (χ0v) is 22.1. The van der Waals surface area contributed by atoms with Gasteiger partial charge in [-0.2, -0.15) is 0 Å². The van der Waals surface area contributed by atoms with Crippen molar-refractivity contribution in [2.75, 3.05) is 33.4 Å². The first kappa shape index (κ1) is 24.2. The fourth-order valence-corrected chi connectivity index (χ4v) is 8.29. The van der Waals surface area contributed by atoms with E-state index in [0.29, 0.717) is 37.6 Å². The maximum Gasteiger partial charge on any atom is 0.246 e. The number of morpholine rings is 1. The monoisotopic (exact) mass is 470 g/mol. The summed E-state index contributed by atoms with van der Waals surface area (Å²) in [4.78, 5) is 2.03. The van der Waals surface area contributed by atoms with Crippen LogP contribution in [0.1, 0.15) is 34.6 Å². The Hall–Kier alpha value is -0.0931. The number of hydroxylamine groups is 1. The molecule has 1 aliphatic carbocycles. The van der Waals surface area contributed by atoms with Gasteiger partial charge in [-0.15, -0.1) is 11.6 Å². The standard InChI is InChI=1S/C18H32Cl2N2O4SSi/c1-12-13(22-8-10-25-11-9-22)15(20)18(6,27(23,24)21(7)26-28)17(5,14(12)19)16(2,3)4/h14H,1,8-11H2,2-7,28H3. The molecule has 0 aromatic carbocycles. The van der Waals surface area contributed by atoms with Crippen LogP contribution >= 0.6 is 23.2 Å². The van der Waals surface area contributed by atoms with Crippen LogP contribution in [0.25, 0.3) is 0 Å². The van der Waals surface area contributed by atoms with Gasteiger partial charge in [0.1, 0.15) is 4.75 Å². The average Bonchev–Trinajstić information content (AvgIpc) is 2.63. The zero-order valence-electron chi connectivity index (χ0n) is 17.8. The molecule has 1 fully saturated rings. The van der Waals surface area contributed by atoms with Gasteiger partial charge < -0.3 is 14.2 Å². The van der Waals surface area contributed by atoms with Crippen LogP contribution in [0, 0.1) is 10.8 Å². The highest BCUT2D eigenvalue weighted by atomic mass is 35.5. The Morgan fingerprint density at radius 1 is 1.32 bits per heavy atom. The molecule has 6 nitrogen and oxygen atoms in total. The summed E-state index contributed by atoms with van der Waals surface area (Å²) in [6.07, 6.45) is 0. The molecule has 0 amide bonds. The largest absolute Gasteiger partial charge is 0.378 e. The van der Waals surface area contributed by atoms with Crippen LogP contribution in [0.4, 0.5) is 0 Å². The van der Waals surface area contributed by atoms with Crippen molar-refractivity contribution in [3.05, 3.63) is 22.9 Å². The van der Waals surface area contributed by atoms with E-state index in [1.807, 2.05) is 32.6 Å². The lowest BCUT2D eigenvalue weighted by molar-refractivity contribution is 0.0337. The first-order valence-electron chi connectivity index (χ1n) is 9.28. The van der Waals surface area contributed by atoms with Gasteiger partial charge in [0.05, 0.1) is 29.3 Å². The van der Waals surface area contributed by atoms with E-state index in [9.17, 15) is 8.42 Å². The molecule has 162 valence electrons. The molecule has 2 aliphatic rings. The second-order valence-corrected chi connectivity index (χ2v) is 12.2. The van der Waals surface area contributed by atoms with Crippen molar-refractivity contribution in [1.29, 1.82) is 0 Å². The van der Waals surface area contributed by atoms with Gasteiger partial charge >= 0.3 is 0 Å². The maximum atomic E-state index is 13.8. The average molecular weight is 472 g/mol. The summed E-state index contributed by atoms with van der Waals surface area (Å²) in [7, 11) is -2.37. The molecule has 28 heavy (non-hydrogen) atoms. The SMILES string of the molecule is C=C1C(N2CCOCC2)=C(Cl)C(C)(S(=O)(=O)N(C)O[SiH3])C(C)(C(C)(C)C)C1Cl. The number of sulfonamides is 1. The van der Waals surface area contributed by atoms with Crippen molar-refractivity contribution in [2.24, 2.45) is 10.8 Å². The summed E-state index contributed by atoms with van der Waals surface area (Å²) in [5, 5.41) is -0.408. The number of alkyl halides is 1. The predicted molar refractivity (Wildman–Crippen MR) is 118 cm³/mol. The minimum atomic E-state index is -4.01. The number of hydrogen-bond donors (Lipinski definition) is 0. The molecule has 1 saturated heterocycles. The summed E-state index contributed by atoms with van der Waals surface area (Å²) < 4.78 is 37.6. The van der Waals surface area contributed by atoms with Crippen molar-refractivity contribution < 1.29 is 17.7 Å². The van der Waals surface area contributed by atoms with E-state index in [1.165, 1.54) is 7.05 Å². The number of hydrogen-bond acceptors (Lipinski definition) is 5. The Labute approximate surface area is 182 Å². The van der Waals surface area contributed by atoms with Crippen molar-refractivity contribution in [3.63, 3.8) is 0 Å². The van der Waals surface area contributed by atoms with Crippen LogP contribution in [0.3, 0.4) is 0 Å². The normalized spacial score (nSPS) is 33.1. The molecule has 3 unspecified atom stereocenters. The molecule has 0 aromatic rings. The second kappa shape index (κ2) is 7.87. The van der Waals surface area contributed by atoms with E-state index in [2.05, 4.69) is 6.58 Å². The van der Waals surface area contributed by atoms with E-state index in [-0.39, 0.29) is 15.5 Å². The summed E-state index contributed by atoms with van der Waals surface area (Å²) in [6.45, 7) is 16.0. The second-order valence-electron chi connectivity index (χ2n) is 8.73. The highest BCUT2D eigenvalue weighted by Gasteiger charge is 2.68. The van der Waals surface area contributed by atoms with Gasteiger partial charge in [0.2, 0.25) is 10.0 Å². The highest BCUT2D eigenvalue weighted by molar-refractivity contribution is 7.90. The molecular formula is C18H32Cl2N2O4SSi. The van der Waals surface area contributed by atoms with E-state index in [4.69, 9.17) is 32.5 Å². The van der Waals surface area contributed by atoms with Crippen LogP contribution in [0.15, 0.2) is 22.9 Å². The number of allylic oxidation sites excluding steroid dienone is 1. The van der Waals surface area contributed by atoms with Gasteiger partial charge in [0.15, 0.2) is 10.5 Å². The van der Waals surface area contributed by atoms with Gasteiger partial charge in [-0.1, -0.05) is 50.3 Å². The van der Waals surface area contributed by atoms with Gasteiger partial charge in [-0.3, -0.25) is 0 Å². The molecule has 10 heteroatoms. The van der Waals surface area contributed by atoms with Crippen molar-refractivity contribution in [2.45, 2.75) is 44.7 Å². The van der Waals surface area contributed by atoms with Crippen molar-refractivity contribution >= 4 is 43.7 Å².